The Balaban J connectivity index is 2.05. The quantitative estimate of drug-likeness (QED) is 0.873. The maximum atomic E-state index is 11.5. The van der Waals surface area contributed by atoms with E-state index in [0.717, 1.165) is 50.6 Å². The van der Waals surface area contributed by atoms with E-state index in [0.29, 0.717) is 5.92 Å². The number of nitrogens with one attached hydrogen (secondary N) is 1. The summed E-state index contributed by atoms with van der Waals surface area (Å²) in [6.07, 6.45) is 2.96. The molecule has 0 atom stereocenters. The third-order valence-electron chi connectivity index (χ3n) is 3.45. The highest BCUT2D eigenvalue weighted by Crippen LogP contribution is 2.21. The molecule has 0 amide bonds. The van der Waals surface area contributed by atoms with Gasteiger partial charge in [-0.25, -0.2) is 4.98 Å². The second-order valence-electron chi connectivity index (χ2n) is 4.79. The molecule has 2 rings (SSSR count). The zero-order valence-corrected chi connectivity index (χ0v) is 11.1. The van der Waals surface area contributed by atoms with Crippen LogP contribution < -0.4 is 10.5 Å². The predicted octanol–water partition coefficient (Wildman–Crippen LogP) is 1.20. The first kappa shape index (κ1) is 13.1. The third kappa shape index (κ3) is 3.10. The van der Waals surface area contributed by atoms with E-state index >= 15 is 0 Å². The van der Waals surface area contributed by atoms with Gasteiger partial charge in [0.1, 0.15) is 11.6 Å². The lowest BCUT2D eigenvalue weighted by atomic mass is 9.98. The van der Waals surface area contributed by atoms with Crippen molar-refractivity contribution in [1.82, 2.24) is 9.97 Å². The van der Waals surface area contributed by atoms with Gasteiger partial charge in [0.15, 0.2) is 0 Å². The van der Waals surface area contributed by atoms with E-state index in [4.69, 9.17) is 4.74 Å². The number of nitrogens with zero attached hydrogens (tertiary/aromatic N) is 2. The number of methoxy groups -OCH3 is 1. The molecule has 1 aromatic heterocycles. The van der Waals surface area contributed by atoms with Crippen molar-refractivity contribution < 1.29 is 4.74 Å². The van der Waals surface area contributed by atoms with Crippen molar-refractivity contribution in [3.05, 3.63) is 22.2 Å². The molecule has 0 spiro atoms. The number of hydrogen-bond acceptors (Lipinski definition) is 4. The van der Waals surface area contributed by atoms with E-state index in [1.165, 1.54) is 0 Å². The van der Waals surface area contributed by atoms with Crippen LogP contribution in [0, 0.1) is 5.92 Å². The van der Waals surface area contributed by atoms with E-state index in [1.807, 2.05) is 6.92 Å². The second-order valence-corrected chi connectivity index (χ2v) is 4.79. The lowest BCUT2D eigenvalue weighted by molar-refractivity contribution is 0.139. The second kappa shape index (κ2) is 6.00. The zero-order valence-electron chi connectivity index (χ0n) is 11.1. The number of rotatable bonds is 4. The molecular weight excluding hydrogens is 230 g/mol. The monoisotopic (exact) mass is 251 g/mol. The van der Waals surface area contributed by atoms with Gasteiger partial charge in [0, 0.05) is 39.3 Å². The summed E-state index contributed by atoms with van der Waals surface area (Å²) in [6.45, 7) is 4.73. The van der Waals surface area contributed by atoms with Crippen LogP contribution in [0.3, 0.4) is 0 Å². The van der Waals surface area contributed by atoms with E-state index in [1.54, 1.807) is 13.2 Å². The maximum absolute atomic E-state index is 11.5. The Bertz CT molecular complexity index is 436. The lowest BCUT2D eigenvalue weighted by Crippen LogP contribution is -2.36. The number of hydrogen-bond donors (Lipinski definition) is 1. The molecule has 1 aliphatic heterocycles. The average Bonchev–Trinajstić information content (AvgIpc) is 2.39. The Hall–Kier alpha value is -1.36. The minimum absolute atomic E-state index is 0.0594. The molecule has 0 aromatic carbocycles. The molecule has 2 heterocycles. The molecule has 1 N–H and O–H groups in total. The predicted molar refractivity (Wildman–Crippen MR) is 71.0 cm³/mol. The van der Waals surface area contributed by atoms with Gasteiger partial charge < -0.3 is 14.6 Å². The van der Waals surface area contributed by atoms with Crippen LogP contribution in [-0.2, 0) is 11.2 Å². The van der Waals surface area contributed by atoms with Crippen LogP contribution in [0.5, 0.6) is 0 Å². The fourth-order valence-corrected chi connectivity index (χ4v) is 2.39. The Morgan fingerprint density at radius 2 is 2.22 bits per heavy atom. The Morgan fingerprint density at radius 1 is 1.50 bits per heavy atom. The Kier molecular flexibility index (Phi) is 4.36. The van der Waals surface area contributed by atoms with Gasteiger partial charge in [-0.1, -0.05) is 6.92 Å². The number of anilines is 1. The fraction of sp³-hybridized carbons (Fsp3) is 0.692. The van der Waals surface area contributed by atoms with E-state index in [2.05, 4.69) is 14.9 Å². The summed E-state index contributed by atoms with van der Waals surface area (Å²) < 4.78 is 5.19. The molecule has 0 unspecified atom stereocenters. The summed E-state index contributed by atoms with van der Waals surface area (Å²) in [5, 5.41) is 0. The minimum Gasteiger partial charge on any atom is -0.384 e. The van der Waals surface area contributed by atoms with Gasteiger partial charge in [0.05, 0.1) is 0 Å². The molecular formula is C13H21N3O2. The zero-order chi connectivity index (χ0) is 13.0. The topological polar surface area (TPSA) is 58.2 Å². The van der Waals surface area contributed by atoms with Crippen LogP contribution in [0.2, 0.25) is 0 Å². The number of aromatic amines is 1. The maximum Gasteiger partial charge on any atom is 0.252 e. The summed E-state index contributed by atoms with van der Waals surface area (Å²) in [5.41, 5.74) is -0.0594. The van der Waals surface area contributed by atoms with Crippen LogP contribution in [0.4, 0.5) is 5.82 Å². The molecule has 0 aliphatic carbocycles. The van der Waals surface area contributed by atoms with Crippen LogP contribution in [0.15, 0.2) is 10.9 Å². The number of ether oxygens (including phenoxy) is 1. The number of piperidine rings is 1. The van der Waals surface area contributed by atoms with Crippen molar-refractivity contribution in [2.75, 3.05) is 31.7 Å². The highest BCUT2D eigenvalue weighted by Gasteiger charge is 2.20. The summed E-state index contributed by atoms with van der Waals surface area (Å²) in [7, 11) is 1.75. The van der Waals surface area contributed by atoms with Gasteiger partial charge in [0.25, 0.3) is 5.56 Å². The summed E-state index contributed by atoms with van der Waals surface area (Å²) in [5.74, 6) is 2.21. The molecule has 1 aromatic rings. The van der Waals surface area contributed by atoms with Crippen LogP contribution >= 0.6 is 0 Å². The van der Waals surface area contributed by atoms with Gasteiger partial charge in [-0.05, 0) is 18.8 Å². The lowest BCUT2D eigenvalue weighted by Gasteiger charge is -2.32. The average molecular weight is 251 g/mol. The fourth-order valence-electron chi connectivity index (χ4n) is 2.39. The van der Waals surface area contributed by atoms with E-state index in [-0.39, 0.29) is 5.56 Å². The molecule has 1 fully saturated rings. The Labute approximate surface area is 107 Å². The molecule has 0 saturated carbocycles. The molecule has 0 bridgehead atoms. The van der Waals surface area contributed by atoms with Gasteiger partial charge >= 0.3 is 0 Å². The highest BCUT2D eigenvalue weighted by atomic mass is 16.5. The smallest absolute Gasteiger partial charge is 0.252 e. The SMILES string of the molecule is CCc1nc(N2CCC(COC)CC2)cc(=O)[nH]1. The molecule has 1 saturated heterocycles. The van der Waals surface area contributed by atoms with E-state index < -0.39 is 0 Å². The molecule has 5 nitrogen and oxygen atoms in total. The van der Waals surface area contributed by atoms with Crippen molar-refractivity contribution in [2.45, 2.75) is 26.2 Å². The largest absolute Gasteiger partial charge is 0.384 e. The normalized spacial score (nSPS) is 17.1. The van der Waals surface area contributed by atoms with Gasteiger partial charge in [0.2, 0.25) is 0 Å². The first-order valence-corrected chi connectivity index (χ1v) is 6.57. The van der Waals surface area contributed by atoms with Crippen molar-refractivity contribution in [2.24, 2.45) is 5.92 Å². The molecule has 5 heteroatoms. The molecule has 0 radical (unpaired) electrons. The van der Waals surface area contributed by atoms with Gasteiger partial charge in [-0.2, -0.15) is 0 Å². The van der Waals surface area contributed by atoms with Gasteiger partial charge in [-0.15, -0.1) is 0 Å². The number of aryl methyl sites for hydroxylation is 1. The van der Waals surface area contributed by atoms with Crippen LogP contribution in [0.25, 0.3) is 0 Å². The van der Waals surface area contributed by atoms with Crippen molar-refractivity contribution in [3.63, 3.8) is 0 Å². The van der Waals surface area contributed by atoms with E-state index in [9.17, 15) is 4.79 Å². The first-order valence-electron chi connectivity index (χ1n) is 6.57. The number of H-pyrrole nitrogens is 1. The van der Waals surface area contributed by atoms with Crippen molar-refractivity contribution in [1.29, 1.82) is 0 Å². The summed E-state index contributed by atoms with van der Waals surface area (Å²) in [4.78, 5) is 21.0. The summed E-state index contributed by atoms with van der Waals surface area (Å²) >= 11 is 0. The third-order valence-corrected chi connectivity index (χ3v) is 3.45. The molecule has 1 aliphatic rings. The van der Waals surface area contributed by atoms with Crippen LogP contribution in [-0.4, -0.2) is 36.8 Å². The molecule has 100 valence electrons. The van der Waals surface area contributed by atoms with Crippen molar-refractivity contribution in [3.8, 4) is 0 Å². The first-order chi connectivity index (χ1) is 8.72. The minimum atomic E-state index is -0.0594. The molecule has 18 heavy (non-hydrogen) atoms. The summed E-state index contributed by atoms with van der Waals surface area (Å²) in [6, 6.07) is 1.59. The standard InChI is InChI=1S/C13H21N3O2/c1-3-11-14-12(8-13(17)15-11)16-6-4-10(5-7-16)9-18-2/h8,10H,3-7,9H2,1-2H3,(H,14,15,17). The van der Waals surface area contributed by atoms with Crippen LogP contribution in [0.1, 0.15) is 25.6 Å². The number of aromatic nitrogens is 2. The Morgan fingerprint density at radius 3 is 2.83 bits per heavy atom. The van der Waals surface area contributed by atoms with Gasteiger partial charge in [-0.3, -0.25) is 4.79 Å². The van der Waals surface area contributed by atoms with Crippen molar-refractivity contribution >= 4 is 5.82 Å². The highest BCUT2D eigenvalue weighted by molar-refractivity contribution is 5.37.